The van der Waals surface area contributed by atoms with E-state index in [2.05, 4.69) is 26.1 Å². The number of hydrogen-bond acceptors (Lipinski definition) is 6. The minimum Gasteiger partial charge on any atom is -0.384 e. The first-order valence-corrected chi connectivity index (χ1v) is 11.5. The highest BCUT2D eigenvalue weighted by molar-refractivity contribution is 9.09. The molecular formula is C20H32BrClN4O4. The summed E-state index contributed by atoms with van der Waals surface area (Å²) in [5.41, 5.74) is 5.37. The van der Waals surface area contributed by atoms with E-state index in [4.69, 9.17) is 26.8 Å². The van der Waals surface area contributed by atoms with E-state index < -0.39 is 16.1 Å². The molecule has 1 atom stereocenters. The Morgan fingerprint density at radius 3 is 2.63 bits per heavy atom. The van der Waals surface area contributed by atoms with Gasteiger partial charge in [0, 0.05) is 26.3 Å². The molecule has 1 amide bonds. The Kier molecular flexibility index (Phi) is 9.62. The maximum atomic E-state index is 13.0. The first kappa shape index (κ1) is 25.1. The van der Waals surface area contributed by atoms with Crippen LogP contribution in [0.25, 0.3) is 0 Å². The predicted octanol–water partition coefficient (Wildman–Crippen LogP) is 2.62. The Balaban J connectivity index is 2.01. The lowest BCUT2D eigenvalue weighted by Gasteiger charge is -2.32. The molecule has 0 bridgehead atoms. The molecule has 1 fully saturated rings. The lowest BCUT2D eigenvalue weighted by atomic mass is 9.96. The molecule has 1 aromatic heterocycles. The second-order valence-corrected chi connectivity index (χ2v) is 9.30. The van der Waals surface area contributed by atoms with Crippen molar-refractivity contribution in [1.29, 1.82) is 0 Å². The average molecular weight is 508 g/mol. The third kappa shape index (κ3) is 6.43. The third-order valence-electron chi connectivity index (χ3n) is 5.26. The largest absolute Gasteiger partial charge is 0.384 e. The molecule has 1 aromatic rings. The lowest BCUT2D eigenvalue weighted by molar-refractivity contribution is -0.00275. The Bertz CT molecular complexity index is 779. The number of rotatable bonds is 10. The van der Waals surface area contributed by atoms with Gasteiger partial charge in [-0.15, -0.1) is 0 Å². The first-order valence-electron chi connectivity index (χ1n) is 10.3. The first-order chi connectivity index (χ1) is 14.2. The van der Waals surface area contributed by atoms with Crippen LogP contribution >= 0.6 is 27.5 Å². The minimum atomic E-state index is -1.21. The summed E-state index contributed by atoms with van der Waals surface area (Å²) in [7, 11) is 0. The monoisotopic (exact) mass is 506 g/mol. The van der Waals surface area contributed by atoms with Crippen LogP contribution in [0.3, 0.4) is 0 Å². The zero-order valence-electron chi connectivity index (χ0n) is 17.9. The van der Waals surface area contributed by atoms with Crippen LogP contribution in [0.15, 0.2) is 10.9 Å². The molecule has 30 heavy (non-hydrogen) atoms. The molecule has 1 saturated heterocycles. The van der Waals surface area contributed by atoms with Gasteiger partial charge >= 0.3 is 0 Å². The van der Waals surface area contributed by atoms with E-state index >= 15 is 0 Å². The number of piperidine rings is 1. The number of alkyl halides is 1. The molecule has 2 heterocycles. The number of pyridine rings is 1. The molecule has 3 N–H and O–H groups in total. The van der Waals surface area contributed by atoms with Gasteiger partial charge in [0.1, 0.15) is 11.4 Å². The van der Waals surface area contributed by atoms with Crippen molar-refractivity contribution in [3.63, 3.8) is 0 Å². The number of likely N-dealkylation sites (tertiary alicyclic amines) is 1. The molecule has 2 rings (SSSR count). The van der Waals surface area contributed by atoms with Crippen molar-refractivity contribution >= 4 is 39.3 Å². The van der Waals surface area contributed by atoms with Crippen LogP contribution in [0.4, 0.5) is 5.82 Å². The maximum absolute atomic E-state index is 13.0. The molecule has 0 radical (unpaired) electrons. The SMILES string of the molecule is CCOCCN1CCC(CNC(=O)c2cc(Cl)c(N)n(C(C)(Br)OCC)c2=O)CC1. The van der Waals surface area contributed by atoms with Crippen LogP contribution in [-0.4, -0.2) is 61.4 Å². The van der Waals surface area contributed by atoms with Crippen LogP contribution in [0, 0.1) is 5.92 Å². The van der Waals surface area contributed by atoms with E-state index in [1.807, 2.05) is 6.92 Å². The number of anilines is 1. The number of nitrogen functional groups attached to an aromatic ring is 1. The van der Waals surface area contributed by atoms with Gasteiger partial charge in [0.05, 0.1) is 11.6 Å². The molecule has 0 aliphatic carbocycles. The van der Waals surface area contributed by atoms with Crippen molar-refractivity contribution < 1.29 is 14.3 Å². The highest BCUT2D eigenvalue weighted by Crippen LogP contribution is 2.30. The van der Waals surface area contributed by atoms with Crippen molar-refractivity contribution in [2.24, 2.45) is 5.92 Å². The summed E-state index contributed by atoms with van der Waals surface area (Å²) < 4.78 is 10.9. The molecule has 1 aliphatic rings. The molecule has 0 aromatic carbocycles. The van der Waals surface area contributed by atoms with Crippen LogP contribution in [0.2, 0.25) is 5.02 Å². The lowest BCUT2D eigenvalue weighted by Crippen LogP contribution is -2.43. The van der Waals surface area contributed by atoms with Crippen molar-refractivity contribution in [3.8, 4) is 0 Å². The van der Waals surface area contributed by atoms with Gasteiger partial charge in [0.2, 0.25) is 4.63 Å². The number of hydrogen-bond donors (Lipinski definition) is 2. The zero-order valence-corrected chi connectivity index (χ0v) is 20.2. The van der Waals surface area contributed by atoms with E-state index in [0.717, 1.165) is 50.3 Å². The van der Waals surface area contributed by atoms with Gasteiger partial charge < -0.3 is 25.4 Å². The maximum Gasteiger partial charge on any atom is 0.268 e. The number of halogens is 2. The molecule has 0 spiro atoms. The highest BCUT2D eigenvalue weighted by Gasteiger charge is 2.30. The van der Waals surface area contributed by atoms with Crippen molar-refractivity contribution in [1.82, 2.24) is 14.8 Å². The Morgan fingerprint density at radius 1 is 1.37 bits per heavy atom. The fourth-order valence-corrected chi connectivity index (χ4v) is 4.35. The quantitative estimate of drug-likeness (QED) is 0.373. The van der Waals surface area contributed by atoms with Crippen molar-refractivity contribution in [2.75, 3.05) is 51.7 Å². The Labute approximate surface area is 191 Å². The van der Waals surface area contributed by atoms with E-state index in [9.17, 15) is 9.59 Å². The number of carbonyl (C=O) groups excluding carboxylic acids is 1. The number of ether oxygens (including phenoxy) is 2. The number of nitrogens with zero attached hydrogens (tertiary/aromatic N) is 2. The zero-order chi connectivity index (χ0) is 22.3. The summed E-state index contributed by atoms with van der Waals surface area (Å²) in [4.78, 5) is 28.1. The predicted molar refractivity (Wildman–Crippen MR) is 122 cm³/mol. The van der Waals surface area contributed by atoms with E-state index in [1.54, 1.807) is 13.8 Å². The van der Waals surface area contributed by atoms with Gasteiger partial charge in [-0.25, -0.2) is 0 Å². The summed E-state index contributed by atoms with van der Waals surface area (Å²) in [5, 5.41) is 3.00. The fraction of sp³-hybridized carbons (Fsp3) is 0.700. The topological polar surface area (TPSA) is 98.8 Å². The van der Waals surface area contributed by atoms with Gasteiger partial charge in [0.15, 0.2) is 0 Å². The van der Waals surface area contributed by atoms with Crippen LogP contribution in [0.5, 0.6) is 0 Å². The van der Waals surface area contributed by atoms with Gasteiger partial charge in [-0.2, -0.15) is 0 Å². The second-order valence-electron chi connectivity index (χ2n) is 7.43. The number of nitrogens with two attached hydrogens (primary N) is 1. The highest BCUT2D eigenvalue weighted by atomic mass is 79.9. The summed E-state index contributed by atoms with van der Waals surface area (Å²) in [5.74, 6) is -0.0617. The second kappa shape index (κ2) is 11.5. The fourth-order valence-electron chi connectivity index (χ4n) is 3.57. The van der Waals surface area contributed by atoms with Gasteiger partial charge in [-0.05, 0) is 74.6 Å². The third-order valence-corrected chi connectivity index (χ3v) is 6.14. The van der Waals surface area contributed by atoms with Crippen molar-refractivity contribution in [3.05, 3.63) is 27.0 Å². The molecular weight excluding hydrogens is 476 g/mol. The Hall–Kier alpha value is -1.13. The van der Waals surface area contributed by atoms with Gasteiger partial charge in [-0.3, -0.25) is 14.2 Å². The molecule has 170 valence electrons. The van der Waals surface area contributed by atoms with Crippen molar-refractivity contribution in [2.45, 2.75) is 38.2 Å². The van der Waals surface area contributed by atoms with Gasteiger partial charge in [-0.1, -0.05) is 11.6 Å². The normalized spacial score (nSPS) is 17.6. The standard InChI is InChI=1S/C20H32BrClN4O4/c1-4-29-11-10-25-8-6-14(7-9-25)13-24-18(27)15-12-16(22)17(23)26(19(15)28)20(3,21)30-5-2/h12,14H,4-11,13,23H2,1-3H3,(H,24,27). The number of aromatic nitrogens is 1. The number of nitrogens with one attached hydrogen (secondary N) is 1. The van der Waals surface area contributed by atoms with E-state index in [-0.39, 0.29) is 16.4 Å². The Morgan fingerprint density at radius 2 is 2.03 bits per heavy atom. The number of carbonyl (C=O) groups is 1. The summed E-state index contributed by atoms with van der Waals surface area (Å²) >= 11 is 9.56. The minimum absolute atomic E-state index is 0.0328. The van der Waals surface area contributed by atoms with E-state index in [1.165, 1.54) is 6.07 Å². The average Bonchev–Trinajstić information content (AvgIpc) is 2.70. The molecule has 0 saturated carbocycles. The summed E-state index contributed by atoms with van der Waals surface area (Å²) in [6.07, 6.45) is 1.98. The van der Waals surface area contributed by atoms with Crippen LogP contribution in [-0.2, 0) is 14.1 Å². The van der Waals surface area contributed by atoms with Crippen LogP contribution < -0.4 is 16.6 Å². The summed E-state index contributed by atoms with van der Waals surface area (Å²) in [6.45, 7) is 10.6. The molecule has 1 unspecified atom stereocenters. The molecule has 1 aliphatic heterocycles. The van der Waals surface area contributed by atoms with E-state index in [0.29, 0.717) is 19.1 Å². The van der Waals surface area contributed by atoms with Gasteiger partial charge in [0.25, 0.3) is 11.5 Å². The number of amides is 1. The summed E-state index contributed by atoms with van der Waals surface area (Å²) in [6, 6.07) is 1.32. The molecule has 10 heteroatoms. The van der Waals surface area contributed by atoms with Crippen LogP contribution in [0.1, 0.15) is 44.0 Å². The smallest absolute Gasteiger partial charge is 0.268 e. The molecule has 8 nitrogen and oxygen atoms in total.